The first kappa shape index (κ1) is 14.0. The number of ketones is 2. The molecule has 5 nitrogen and oxygen atoms in total. The van der Waals surface area contributed by atoms with Crippen LogP contribution in [0.15, 0.2) is 30.4 Å². The number of esters is 1. The Morgan fingerprint density at radius 1 is 1.09 bits per heavy atom. The highest BCUT2D eigenvalue weighted by Gasteiger charge is 2.25. The van der Waals surface area contributed by atoms with Gasteiger partial charge in [0.25, 0.3) is 0 Å². The molecule has 0 spiro atoms. The van der Waals surface area contributed by atoms with Gasteiger partial charge in [-0.1, -0.05) is 0 Å². The molecule has 0 unspecified atom stereocenters. The van der Waals surface area contributed by atoms with Crippen LogP contribution >= 0.6 is 0 Å². The van der Waals surface area contributed by atoms with Gasteiger partial charge in [0, 0.05) is 17.9 Å². The zero-order valence-corrected chi connectivity index (χ0v) is 12.0. The third-order valence-corrected chi connectivity index (χ3v) is 3.54. The molecule has 22 heavy (non-hydrogen) atoms. The Bertz CT molecular complexity index is 890. The third kappa shape index (κ3) is 2.07. The van der Waals surface area contributed by atoms with Crippen LogP contribution in [-0.4, -0.2) is 22.6 Å². The number of ether oxygens (including phenoxy) is 1. The SMILES string of the molecule is CC(=O)Oc1cc(C)c2c(O)c3c(cc2c1)C(=O)C=CC3=O. The van der Waals surface area contributed by atoms with Crippen LogP contribution in [0.2, 0.25) is 0 Å². The predicted molar refractivity (Wildman–Crippen MR) is 79.5 cm³/mol. The van der Waals surface area contributed by atoms with Crippen LogP contribution in [0.4, 0.5) is 0 Å². The van der Waals surface area contributed by atoms with E-state index in [1.807, 2.05) is 0 Å². The molecule has 0 radical (unpaired) electrons. The number of phenols is 1. The number of carbonyl (C=O) groups is 3. The van der Waals surface area contributed by atoms with Gasteiger partial charge in [-0.25, -0.2) is 0 Å². The van der Waals surface area contributed by atoms with E-state index in [1.165, 1.54) is 19.1 Å². The van der Waals surface area contributed by atoms with E-state index >= 15 is 0 Å². The second-order valence-electron chi connectivity index (χ2n) is 5.14. The zero-order chi connectivity index (χ0) is 16.0. The number of fused-ring (bicyclic) bond motifs is 2. The lowest BCUT2D eigenvalue weighted by Crippen LogP contribution is -2.12. The lowest BCUT2D eigenvalue weighted by Gasteiger charge is -2.15. The van der Waals surface area contributed by atoms with E-state index in [2.05, 4.69) is 0 Å². The van der Waals surface area contributed by atoms with Crippen molar-refractivity contribution in [3.8, 4) is 11.5 Å². The number of phenolic OH excluding ortho intramolecular Hbond substituents is 1. The van der Waals surface area contributed by atoms with Crippen molar-refractivity contribution in [2.45, 2.75) is 13.8 Å². The number of aromatic hydroxyl groups is 1. The van der Waals surface area contributed by atoms with E-state index in [-0.39, 0.29) is 22.7 Å². The molecule has 0 bridgehead atoms. The quantitative estimate of drug-likeness (QED) is 0.646. The Balaban J connectivity index is 2.35. The van der Waals surface area contributed by atoms with Gasteiger partial charge in [0.15, 0.2) is 11.6 Å². The van der Waals surface area contributed by atoms with E-state index in [9.17, 15) is 19.5 Å². The Morgan fingerprint density at radius 2 is 1.77 bits per heavy atom. The molecule has 2 aromatic carbocycles. The summed E-state index contributed by atoms with van der Waals surface area (Å²) < 4.78 is 5.05. The predicted octanol–water partition coefficient (Wildman–Crippen LogP) is 2.71. The monoisotopic (exact) mass is 296 g/mol. The van der Waals surface area contributed by atoms with Gasteiger partial charge in [-0.05, 0) is 48.2 Å². The molecule has 0 heterocycles. The van der Waals surface area contributed by atoms with Gasteiger partial charge in [0.2, 0.25) is 0 Å². The molecule has 0 aromatic heterocycles. The second-order valence-corrected chi connectivity index (χ2v) is 5.14. The summed E-state index contributed by atoms with van der Waals surface area (Å²) in [4.78, 5) is 35.0. The largest absolute Gasteiger partial charge is 0.506 e. The number of carbonyl (C=O) groups excluding carboxylic acids is 3. The van der Waals surface area contributed by atoms with Crippen molar-refractivity contribution in [1.29, 1.82) is 0 Å². The summed E-state index contributed by atoms with van der Waals surface area (Å²) in [5.41, 5.74) is 0.809. The molecule has 1 aliphatic rings. The molecule has 0 atom stereocenters. The van der Waals surface area contributed by atoms with E-state index in [0.29, 0.717) is 22.1 Å². The molecule has 1 N–H and O–H groups in total. The minimum Gasteiger partial charge on any atom is -0.506 e. The standard InChI is InChI=1S/C17H12O5/c1-8-5-11(22-9(2)18)6-10-7-12-13(19)3-4-14(20)16(12)17(21)15(8)10/h3-7,21H,1-2H3. The summed E-state index contributed by atoms with van der Waals surface area (Å²) in [5.74, 6) is -1.11. The van der Waals surface area contributed by atoms with Crippen molar-refractivity contribution in [2.24, 2.45) is 0 Å². The van der Waals surface area contributed by atoms with Gasteiger partial charge in [0.05, 0.1) is 5.56 Å². The molecule has 1 aliphatic carbocycles. The normalized spacial score (nSPS) is 13.4. The van der Waals surface area contributed by atoms with Crippen LogP contribution in [0, 0.1) is 6.92 Å². The molecule has 0 saturated carbocycles. The highest BCUT2D eigenvalue weighted by molar-refractivity contribution is 6.25. The van der Waals surface area contributed by atoms with Crippen LogP contribution in [0.1, 0.15) is 33.2 Å². The molecule has 3 rings (SSSR count). The van der Waals surface area contributed by atoms with Crippen molar-refractivity contribution in [3.63, 3.8) is 0 Å². The molecule has 5 heteroatoms. The smallest absolute Gasteiger partial charge is 0.308 e. The van der Waals surface area contributed by atoms with Gasteiger partial charge in [-0.2, -0.15) is 0 Å². The van der Waals surface area contributed by atoms with Crippen LogP contribution in [0.25, 0.3) is 10.8 Å². The summed E-state index contributed by atoms with van der Waals surface area (Å²) in [6.45, 7) is 3.02. The van der Waals surface area contributed by atoms with Crippen molar-refractivity contribution >= 4 is 28.3 Å². The Morgan fingerprint density at radius 3 is 2.45 bits per heavy atom. The van der Waals surface area contributed by atoms with Gasteiger partial charge < -0.3 is 9.84 Å². The molecule has 0 fully saturated rings. The van der Waals surface area contributed by atoms with Crippen LogP contribution in [-0.2, 0) is 4.79 Å². The third-order valence-electron chi connectivity index (χ3n) is 3.54. The number of benzene rings is 2. The molecule has 0 amide bonds. The molecule has 2 aromatic rings. The van der Waals surface area contributed by atoms with Gasteiger partial charge in [0.1, 0.15) is 11.5 Å². The van der Waals surface area contributed by atoms with Gasteiger partial charge >= 0.3 is 5.97 Å². The maximum absolute atomic E-state index is 12.0. The van der Waals surface area contributed by atoms with Crippen molar-refractivity contribution in [1.82, 2.24) is 0 Å². The van der Waals surface area contributed by atoms with Gasteiger partial charge in [-0.15, -0.1) is 0 Å². The average molecular weight is 296 g/mol. The highest BCUT2D eigenvalue weighted by Crippen LogP contribution is 2.38. The first-order valence-electron chi connectivity index (χ1n) is 6.64. The lowest BCUT2D eigenvalue weighted by atomic mass is 9.89. The minimum atomic E-state index is -0.463. The summed E-state index contributed by atoms with van der Waals surface area (Å²) >= 11 is 0. The van der Waals surface area contributed by atoms with Crippen molar-refractivity contribution < 1.29 is 24.2 Å². The van der Waals surface area contributed by atoms with E-state index < -0.39 is 11.8 Å². The van der Waals surface area contributed by atoms with Crippen LogP contribution in [0.3, 0.4) is 0 Å². The summed E-state index contributed by atoms with van der Waals surface area (Å²) in [7, 11) is 0. The lowest BCUT2D eigenvalue weighted by molar-refractivity contribution is -0.131. The number of rotatable bonds is 1. The molecule has 0 saturated heterocycles. The molecule has 110 valence electrons. The van der Waals surface area contributed by atoms with Crippen molar-refractivity contribution in [2.75, 3.05) is 0 Å². The summed E-state index contributed by atoms with van der Waals surface area (Å²) in [6.07, 6.45) is 2.33. The Labute approximate surface area is 125 Å². The van der Waals surface area contributed by atoms with Crippen LogP contribution in [0.5, 0.6) is 11.5 Å². The Hall–Kier alpha value is -2.95. The highest BCUT2D eigenvalue weighted by atomic mass is 16.5. The van der Waals surface area contributed by atoms with Crippen molar-refractivity contribution in [3.05, 3.63) is 47.0 Å². The first-order chi connectivity index (χ1) is 10.4. The number of allylic oxidation sites excluding steroid dienone is 2. The number of hydrogen-bond acceptors (Lipinski definition) is 5. The zero-order valence-electron chi connectivity index (χ0n) is 12.0. The fraction of sp³-hybridized carbons (Fsp3) is 0.118. The summed E-state index contributed by atoms with van der Waals surface area (Å²) in [6, 6.07) is 4.69. The maximum atomic E-state index is 12.0. The molecular weight excluding hydrogens is 284 g/mol. The average Bonchev–Trinajstić information content (AvgIpc) is 2.41. The van der Waals surface area contributed by atoms with E-state index in [4.69, 9.17) is 4.74 Å². The topological polar surface area (TPSA) is 80.7 Å². The van der Waals surface area contributed by atoms with Crippen LogP contribution < -0.4 is 4.74 Å². The summed E-state index contributed by atoms with van der Waals surface area (Å²) in [5, 5.41) is 11.4. The molecule has 0 aliphatic heterocycles. The maximum Gasteiger partial charge on any atom is 0.308 e. The number of hydrogen-bond donors (Lipinski definition) is 1. The first-order valence-corrected chi connectivity index (χ1v) is 6.64. The Kier molecular flexibility index (Phi) is 3.06. The van der Waals surface area contributed by atoms with E-state index in [0.717, 1.165) is 6.08 Å². The fourth-order valence-electron chi connectivity index (χ4n) is 2.69. The second kappa shape index (κ2) is 4.80. The van der Waals surface area contributed by atoms with E-state index in [1.54, 1.807) is 19.1 Å². The fourth-order valence-corrected chi connectivity index (χ4v) is 2.69. The molecular formula is C17H12O5. The van der Waals surface area contributed by atoms with Gasteiger partial charge in [-0.3, -0.25) is 14.4 Å². The minimum absolute atomic E-state index is 0.0170. The number of aryl methyl sites for hydroxylation is 1.